The summed E-state index contributed by atoms with van der Waals surface area (Å²) in [6.07, 6.45) is 1.02. The lowest BCUT2D eigenvalue weighted by Gasteiger charge is -2.51. The molecular weight excluding hydrogens is 240 g/mol. The lowest BCUT2D eigenvalue weighted by atomic mass is 9.65. The molecule has 0 aromatic heterocycles. The molecule has 98 valence electrons. The first-order chi connectivity index (χ1) is 7.79. The molecule has 3 atom stereocenters. The van der Waals surface area contributed by atoms with Gasteiger partial charge in [-0.25, -0.2) is 13.1 Å². The Kier molecular flexibility index (Phi) is 4.18. The van der Waals surface area contributed by atoms with E-state index < -0.39 is 15.3 Å². The number of nitriles is 1. The number of ether oxygens (including phenoxy) is 1. The molecule has 1 rings (SSSR count). The quantitative estimate of drug-likeness (QED) is 0.800. The fourth-order valence-corrected chi connectivity index (χ4v) is 3.68. The molecule has 1 aliphatic carbocycles. The van der Waals surface area contributed by atoms with Gasteiger partial charge in [-0.2, -0.15) is 5.26 Å². The van der Waals surface area contributed by atoms with Gasteiger partial charge in [-0.3, -0.25) is 0 Å². The molecule has 1 aliphatic rings. The highest BCUT2D eigenvalue weighted by Crippen LogP contribution is 2.42. The van der Waals surface area contributed by atoms with Crippen LogP contribution in [0.2, 0.25) is 0 Å². The highest BCUT2D eigenvalue weighted by atomic mass is 32.2. The van der Waals surface area contributed by atoms with Crippen LogP contribution in [-0.4, -0.2) is 32.9 Å². The molecule has 1 N–H and O–H groups in total. The van der Waals surface area contributed by atoms with Crippen LogP contribution < -0.4 is 4.72 Å². The Morgan fingerprint density at radius 2 is 2.18 bits per heavy atom. The summed E-state index contributed by atoms with van der Waals surface area (Å²) < 4.78 is 31.7. The molecule has 0 radical (unpaired) electrons. The molecule has 0 aromatic rings. The highest BCUT2D eigenvalue weighted by molar-refractivity contribution is 7.90. The van der Waals surface area contributed by atoms with Crippen LogP contribution in [0.5, 0.6) is 0 Å². The number of hydrogen-bond donors (Lipinski definition) is 1. The molecule has 5 nitrogen and oxygen atoms in total. The van der Waals surface area contributed by atoms with Crippen molar-refractivity contribution in [2.24, 2.45) is 5.41 Å². The van der Waals surface area contributed by atoms with E-state index in [1.807, 2.05) is 19.9 Å². The van der Waals surface area contributed by atoms with Gasteiger partial charge < -0.3 is 4.74 Å². The largest absolute Gasteiger partial charge is 0.381 e. The fourth-order valence-electron chi connectivity index (χ4n) is 2.15. The number of nitrogens with zero attached hydrogens (tertiary/aromatic N) is 1. The minimum atomic E-state index is -3.55. The predicted molar refractivity (Wildman–Crippen MR) is 64.7 cm³/mol. The first kappa shape index (κ1) is 14.4. The zero-order valence-corrected chi connectivity index (χ0v) is 11.5. The fraction of sp³-hybridized carbons (Fsp3) is 0.909. The first-order valence-corrected chi connectivity index (χ1v) is 7.27. The summed E-state index contributed by atoms with van der Waals surface area (Å²) in [6.45, 7) is 5.62. The molecular formula is C11H20N2O3S. The van der Waals surface area contributed by atoms with E-state index in [1.54, 1.807) is 14.0 Å². The van der Waals surface area contributed by atoms with Gasteiger partial charge in [0.05, 0.1) is 12.2 Å². The maximum Gasteiger partial charge on any atom is 0.228 e. The zero-order chi connectivity index (χ0) is 13.3. The van der Waals surface area contributed by atoms with Gasteiger partial charge in [0.15, 0.2) is 5.25 Å². The molecule has 17 heavy (non-hydrogen) atoms. The van der Waals surface area contributed by atoms with Crippen molar-refractivity contribution in [3.05, 3.63) is 0 Å². The van der Waals surface area contributed by atoms with E-state index in [1.165, 1.54) is 0 Å². The summed E-state index contributed by atoms with van der Waals surface area (Å²) in [6, 6.07) is 1.66. The SMILES string of the molecule is CCC(C#N)S(=O)(=O)NC1CC(OC)C1(C)C. The average Bonchev–Trinajstić information content (AvgIpc) is 2.25. The number of hydrogen-bond acceptors (Lipinski definition) is 4. The van der Waals surface area contributed by atoms with Crippen molar-refractivity contribution < 1.29 is 13.2 Å². The maximum absolute atomic E-state index is 11.9. The minimum absolute atomic E-state index is 0.0670. The molecule has 1 fully saturated rings. The summed E-state index contributed by atoms with van der Waals surface area (Å²) >= 11 is 0. The normalized spacial score (nSPS) is 29.1. The topological polar surface area (TPSA) is 79.2 Å². The van der Waals surface area contributed by atoms with Crippen LogP contribution >= 0.6 is 0 Å². The average molecular weight is 260 g/mol. The third-order valence-corrected chi connectivity index (χ3v) is 5.46. The van der Waals surface area contributed by atoms with Gasteiger partial charge in [0.2, 0.25) is 10.0 Å². The molecule has 1 saturated carbocycles. The van der Waals surface area contributed by atoms with Gasteiger partial charge in [-0.1, -0.05) is 20.8 Å². The third kappa shape index (κ3) is 2.62. The molecule has 0 aliphatic heterocycles. The van der Waals surface area contributed by atoms with Crippen LogP contribution in [0.1, 0.15) is 33.6 Å². The number of rotatable bonds is 5. The number of methoxy groups -OCH3 is 1. The molecule has 6 heteroatoms. The van der Waals surface area contributed by atoms with Crippen LogP contribution in [0.25, 0.3) is 0 Å². The van der Waals surface area contributed by atoms with Gasteiger partial charge in [0.25, 0.3) is 0 Å². The molecule has 0 amide bonds. The van der Waals surface area contributed by atoms with Crippen molar-refractivity contribution in [2.45, 2.75) is 51.0 Å². The van der Waals surface area contributed by atoms with Crippen molar-refractivity contribution in [2.75, 3.05) is 7.11 Å². The van der Waals surface area contributed by atoms with Crippen molar-refractivity contribution in [3.63, 3.8) is 0 Å². The van der Waals surface area contributed by atoms with Gasteiger partial charge in [0, 0.05) is 18.6 Å². The van der Waals surface area contributed by atoms with Crippen molar-refractivity contribution >= 4 is 10.0 Å². The second kappa shape index (κ2) is 4.92. The van der Waals surface area contributed by atoms with E-state index in [0.29, 0.717) is 12.8 Å². The van der Waals surface area contributed by atoms with E-state index in [2.05, 4.69) is 4.72 Å². The standard InChI is InChI=1S/C11H20N2O3S/c1-5-8(7-12)17(14,15)13-9-6-10(16-4)11(9,2)3/h8-10,13H,5-6H2,1-4H3. The molecule has 0 bridgehead atoms. The third-order valence-electron chi connectivity index (χ3n) is 3.66. The molecule has 0 spiro atoms. The Labute approximate surface area is 103 Å². The summed E-state index contributed by atoms with van der Waals surface area (Å²) in [5.74, 6) is 0. The predicted octanol–water partition coefficient (Wildman–Crippen LogP) is 1.02. The minimum Gasteiger partial charge on any atom is -0.381 e. The lowest BCUT2D eigenvalue weighted by Crippen LogP contribution is -2.62. The second-order valence-electron chi connectivity index (χ2n) is 5.02. The van der Waals surface area contributed by atoms with Crippen molar-refractivity contribution in [3.8, 4) is 6.07 Å². The summed E-state index contributed by atoms with van der Waals surface area (Å²) in [7, 11) is -1.93. The molecule has 0 heterocycles. The molecule has 3 unspecified atom stereocenters. The van der Waals surface area contributed by atoms with Crippen molar-refractivity contribution in [1.82, 2.24) is 4.72 Å². The van der Waals surface area contributed by atoms with Crippen LogP contribution in [-0.2, 0) is 14.8 Å². The maximum atomic E-state index is 11.9. The Balaban J connectivity index is 2.72. The van der Waals surface area contributed by atoms with Gasteiger partial charge in [-0.15, -0.1) is 0 Å². The molecule has 0 aromatic carbocycles. The first-order valence-electron chi connectivity index (χ1n) is 5.73. The summed E-state index contributed by atoms with van der Waals surface area (Å²) in [4.78, 5) is 0. The monoisotopic (exact) mass is 260 g/mol. The summed E-state index contributed by atoms with van der Waals surface area (Å²) in [5, 5.41) is 7.83. The second-order valence-corrected chi connectivity index (χ2v) is 6.92. The van der Waals surface area contributed by atoms with E-state index in [9.17, 15) is 8.42 Å². The Morgan fingerprint density at radius 1 is 1.59 bits per heavy atom. The van der Waals surface area contributed by atoms with Gasteiger partial charge in [-0.05, 0) is 12.8 Å². The van der Waals surface area contributed by atoms with Gasteiger partial charge >= 0.3 is 0 Å². The van der Waals surface area contributed by atoms with Crippen LogP contribution in [0.3, 0.4) is 0 Å². The number of sulfonamides is 1. The van der Waals surface area contributed by atoms with E-state index in [0.717, 1.165) is 0 Å². The highest BCUT2D eigenvalue weighted by Gasteiger charge is 2.50. The lowest BCUT2D eigenvalue weighted by molar-refractivity contribution is -0.0908. The van der Waals surface area contributed by atoms with E-state index in [-0.39, 0.29) is 17.6 Å². The number of nitrogens with one attached hydrogen (secondary N) is 1. The van der Waals surface area contributed by atoms with E-state index in [4.69, 9.17) is 10.00 Å². The van der Waals surface area contributed by atoms with Crippen LogP contribution in [0.4, 0.5) is 0 Å². The zero-order valence-electron chi connectivity index (χ0n) is 10.7. The van der Waals surface area contributed by atoms with Crippen LogP contribution in [0, 0.1) is 16.7 Å². The van der Waals surface area contributed by atoms with Gasteiger partial charge in [0.1, 0.15) is 0 Å². The Bertz CT molecular complexity index is 411. The Hall–Kier alpha value is -0.640. The van der Waals surface area contributed by atoms with Crippen molar-refractivity contribution in [1.29, 1.82) is 5.26 Å². The molecule has 0 saturated heterocycles. The van der Waals surface area contributed by atoms with E-state index >= 15 is 0 Å². The smallest absolute Gasteiger partial charge is 0.228 e. The van der Waals surface area contributed by atoms with Crippen LogP contribution in [0.15, 0.2) is 0 Å². The Morgan fingerprint density at radius 3 is 2.53 bits per heavy atom. The summed E-state index contributed by atoms with van der Waals surface area (Å²) in [5.41, 5.74) is -0.227.